The number of rotatable bonds is 5. The van der Waals surface area contributed by atoms with Crippen molar-refractivity contribution < 1.29 is 4.74 Å². The molecule has 1 aliphatic heterocycles. The molecule has 0 amide bonds. The van der Waals surface area contributed by atoms with Gasteiger partial charge in [-0.1, -0.05) is 6.07 Å². The van der Waals surface area contributed by atoms with Gasteiger partial charge >= 0.3 is 0 Å². The number of aryl methyl sites for hydroxylation is 2. The van der Waals surface area contributed by atoms with Crippen molar-refractivity contribution in [3.05, 3.63) is 40.0 Å². The number of aromatic nitrogens is 2. The first-order valence-corrected chi connectivity index (χ1v) is 8.89. The van der Waals surface area contributed by atoms with Gasteiger partial charge in [0.25, 0.3) is 0 Å². The normalized spacial score (nSPS) is 17.2. The fraction of sp³-hybridized carbons (Fsp3) is 0.529. The highest BCUT2D eigenvalue weighted by atomic mass is 32.1. The summed E-state index contributed by atoms with van der Waals surface area (Å²) in [4.78, 5) is 15.3. The van der Waals surface area contributed by atoms with Crippen molar-refractivity contribution in [1.29, 1.82) is 0 Å². The Morgan fingerprint density at radius 3 is 2.83 bits per heavy atom. The van der Waals surface area contributed by atoms with Crippen LogP contribution >= 0.6 is 11.3 Å². The predicted octanol–water partition coefficient (Wildman–Crippen LogP) is 2.66. The van der Waals surface area contributed by atoms with E-state index in [2.05, 4.69) is 44.3 Å². The zero-order chi connectivity index (χ0) is 16.2. The predicted molar refractivity (Wildman–Crippen MR) is 94.2 cm³/mol. The third-order valence-electron chi connectivity index (χ3n) is 4.22. The summed E-state index contributed by atoms with van der Waals surface area (Å²) < 4.78 is 5.52. The number of nitrogens with zero attached hydrogens (tertiary/aromatic N) is 4. The van der Waals surface area contributed by atoms with Gasteiger partial charge in [0, 0.05) is 37.8 Å². The van der Waals surface area contributed by atoms with E-state index in [1.165, 1.54) is 4.88 Å². The number of likely N-dealkylation sites (N-methyl/N-ethyl adjacent to an activating group) is 1. The Hall–Kier alpha value is -1.50. The summed E-state index contributed by atoms with van der Waals surface area (Å²) in [5, 5.41) is 2.15. The molecule has 0 spiro atoms. The highest BCUT2D eigenvalue weighted by Crippen LogP contribution is 2.28. The molecule has 1 unspecified atom stereocenters. The zero-order valence-corrected chi connectivity index (χ0v) is 14.8. The lowest BCUT2D eigenvalue weighted by atomic mass is 10.1. The highest BCUT2D eigenvalue weighted by Gasteiger charge is 2.25. The lowest BCUT2D eigenvalue weighted by Gasteiger charge is -2.36. The second kappa shape index (κ2) is 7.38. The zero-order valence-electron chi connectivity index (χ0n) is 14.0. The van der Waals surface area contributed by atoms with Gasteiger partial charge < -0.3 is 9.64 Å². The molecule has 0 saturated carbocycles. The average Bonchev–Trinajstić information content (AvgIpc) is 3.09. The first kappa shape index (κ1) is 16.4. The van der Waals surface area contributed by atoms with Crippen LogP contribution < -0.4 is 4.90 Å². The second-order valence-electron chi connectivity index (χ2n) is 5.98. The third kappa shape index (κ3) is 3.88. The minimum atomic E-state index is 0.366. The number of morpholine rings is 1. The van der Waals surface area contributed by atoms with Gasteiger partial charge in [-0.05, 0) is 25.3 Å². The lowest BCUT2D eigenvalue weighted by molar-refractivity contribution is 0.0183. The van der Waals surface area contributed by atoms with Crippen LogP contribution in [0.2, 0.25) is 0 Å². The largest absolute Gasteiger partial charge is 0.379 e. The Balaban J connectivity index is 1.81. The van der Waals surface area contributed by atoms with E-state index in [1.54, 1.807) is 0 Å². The molecule has 0 bridgehead atoms. The topological polar surface area (TPSA) is 41.5 Å². The van der Waals surface area contributed by atoms with Gasteiger partial charge in [0.05, 0.1) is 30.6 Å². The molecule has 0 N–H and O–H groups in total. The van der Waals surface area contributed by atoms with Crippen LogP contribution in [-0.4, -0.2) is 54.8 Å². The van der Waals surface area contributed by atoms with Crippen LogP contribution in [0.5, 0.6) is 0 Å². The van der Waals surface area contributed by atoms with Crippen LogP contribution in [0, 0.1) is 13.8 Å². The van der Waals surface area contributed by atoms with Gasteiger partial charge in [0.1, 0.15) is 5.82 Å². The van der Waals surface area contributed by atoms with Gasteiger partial charge in [0.15, 0.2) is 0 Å². The Bertz CT molecular complexity index is 626. The van der Waals surface area contributed by atoms with E-state index < -0.39 is 0 Å². The molecule has 0 aromatic carbocycles. The van der Waals surface area contributed by atoms with Gasteiger partial charge in [0.2, 0.25) is 0 Å². The molecule has 23 heavy (non-hydrogen) atoms. The van der Waals surface area contributed by atoms with E-state index in [4.69, 9.17) is 4.74 Å². The highest BCUT2D eigenvalue weighted by molar-refractivity contribution is 7.10. The Kier molecular flexibility index (Phi) is 5.25. The maximum atomic E-state index is 5.52. The number of thiophene rings is 1. The van der Waals surface area contributed by atoms with Crippen LogP contribution in [-0.2, 0) is 4.74 Å². The SMILES string of the molecule is Cc1cnc(C)c(N(C)CC(c2cccs2)N2CCOCC2)n1. The summed E-state index contributed by atoms with van der Waals surface area (Å²) in [6, 6.07) is 4.73. The number of hydrogen-bond donors (Lipinski definition) is 0. The Morgan fingerprint density at radius 2 is 2.13 bits per heavy atom. The van der Waals surface area contributed by atoms with Crippen molar-refractivity contribution in [2.45, 2.75) is 19.9 Å². The molecular weight excluding hydrogens is 308 g/mol. The van der Waals surface area contributed by atoms with Crippen molar-refractivity contribution in [2.24, 2.45) is 0 Å². The van der Waals surface area contributed by atoms with Gasteiger partial charge in [-0.2, -0.15) is 0 Å². The molecule has 124 valence electrons. The van der Waals surface area contributed by atoms with Crippen molar-refractivity contribution in [2.75, 3.05) is 44.8 Å². The van der Waals surface area contributed by atoms with Crippen molar-refractivity contribution in [1.82, 2.24) is 14.9 Å². The molecule has 2 aromatic rings. The summed E-state index contributed by atoms with van der Waals surface area (Å²) in [7, 11) is 2.11. The van der Waals surface area contributed by atoms with Crippen LogP contribution in [0.3, 0.4) is 0 Å². The van der Waals surface area contributed by atoms with E-state index in [1.807, 2.05) is 31.4 Å². The van der Waals surface area contributed by atoms with Crippen molar-refractivity contribution in [3.8, 4) is 0 Å². The van der Waals surface area contributed by atoms with E-state index in [9.17, 15) is 0 Å². The molecule has 0 radical (unpaired) electrons. The minimum absolute atomic E-state index is 0.366. The second-order valence-corrected chi connectivity index (χ2v) is 6.96. The van der Waals surface area contributed by atoms with E-state index in [0.29, 0.717) is 6.04 Å². The van der Waals surface area contributed by atoms with E-state index in [0.717, 1.165) is 50.1 Å². The molecule has 1 fully saturated rings. The molecule has 3 heterocycles. The Labute approximate surface area is 141 Å². The first-order chi connectivity index (χ1) is 11.1. The van der Waals surface area contributed by atoms with Crippen molar-refractivity contribution in [3.63, 3.8) is 0 Å². The molecule has 5 nitrogen and oxygen atoms in total. The molecule has 6 heteroatoms. The van der Waals surface area contributed by atoms with Gasteiger partial charge in [-0.3, -0.25) is 9.88 Å². The molecule has 1 saturated heterocycles. The maximum Gasteiger partial charge on any atom is 0.150 e. The lowest BCUT2D eigenvalue weighted by Crippen LogP contribution is -2.43. The Morgan fingerprint density at radius 1 is 1.35 bits per heavy atom. The summed E-state index contributed by atoms with van der Waals surface area (Å²) in [6.07, 6.45) is 1.82. The summed E-state index contributed by atoms with van der Waals surface area (Å²) >= 11 is 1.82. The van der Waals surface area contributed by atoms with Gasteiger partial charge in [-0.25, -0.2) is 4.98 Å². The van der Waals surface area contributed by atoms with Crippen LogP contribution in [0.15, 0.2) is 23.7 Å². The molecule has 0 aliphatic carbocycles. The van der Waals surface area contributed by atoms with Crippen LogP contribution in [0.1, 0.15) is 22.3 Å². The molecule has 3 rings (SSSR count). The summed E-state index contributed by atoms with van der Waals surface area (Å²) in [6.45, 7) is 8.50. The standard InChI is InChI=1S/C17H24N4OS/c1-13-11-18-14(2)17(19-13)20(3)12-15(16-5-4-10-23-16)21-6-8-22-9-7-21/h4-5,10-11,15H,6-9,12H2,1-3H3. The molecule has 2 aromatic heterocycles. The maximum absolute atomic E-state index is 5.52. The van der Waals surface area contributed by atoms with Gasteiger partial charge in [-0.15, -0.1) is 11.3 Å². The minimum Gasteiger partial charge on any atom is -0.379 e. The molecule has 1 atom stereocenters. The fourth-order valence-corrected chi connectivity index (χ4v) is 3.84. The van der Waals surface area contributed by atoms with Crippen LogP contribution in [0.4, 0.5) is 5.82 Å². The smallest absolute Gasteiger partial charge is 0.150 e. The van der Waals surface area contributed by atoms with Crippen LogP contribution in [0.25, 0.3) is 0 Å². The summed E-state index contributed by atoms with van der Waals surface area (Å²) in [5.74, 6) is 0.972. The van der Waals surface area contributed by atoms with Crippen molar-refractivity contribution >= 4 is 17.2 Å². The fourth-order valence-electron chi connectivity index (χ4n) is 2.99. The monoisotopic (exact) mass is 332 g/mol. The average molecular weight is 332 g/mol. The number of anilines is 1. The molecular formula is C17H24N4OS. The molecule has 1 aliphatic rings. The first-order valence-electron chi connectivity index (χ1n) is 8.01. The number of ether oxygens (including phenoxy) is 1. The summed E-state index contributed by atoms with van der Waals surface area (Å²) in [5.41, 5.74) is 1.93. The number of hydrogen-bond acceptors (Lipinski definition) is 6. The van der Waals surface area contributed by atoms with E-state index >= 15 is 0 Å². The third-order valence-corrected chi connectivity index (χ3v) is 5.19. The quantitative estimate of drug-likeness (QED) is 0.842. The van der Waals surface area contributed by atoms with E-state index in [-0.39, 0.29) is 0 Å².